The van der Waals surface area contributed by atoms with E-state index in [9.17, 15) is 9.90 Å². The Morgan fingerprint density at radius 1 is 1.41 bits per heavy atom. The summed E-state index contributed by atoms with van der Waals surface area (Å²) in [5.74, 6) is -0.835. The predicted octanol–water partition coefficient (Wildman–Crippen LogP) is 2.57. The largest absolute Gasteiger partial charge is 0.481 e. The van der Waals surface area contributed by atoms with E-state index in [4.69, 9.17) is 0 Å². The molecule has 92 valence electrons. The molecule has 1 heterocycles. The molecule has 0 saturated carbocycles. The van der Waals surface area contributed by atoms with Gasteiger partial charge in [-0.05, 0) is 37.7 Å². The Kier molecular flexibility index (Phi) is 3.84. The minimum atomic E-state index is -0.675. The zero-order chi connectivity index (χ0) is 12.4. The van der Waals surface area contributed by atoms with Crippen LogP contribution in [0.4, 0.5) is 0 Å². The lowest BCUT2D eigenvalue weighted by Crippen LogP contribution is -2.39. The molecule has 2 unspecified atom stereocenters. The number of carboxylic acid groups (broad SMARTS) is 1. The number of halogens is 1. The van der Waals surface area contributed by atoms with E-state index >= 15 is 0 Å². The van der Waals surface area contributed by atoms with Crippen LogP contribution in [0.25, 0.3) is 0 Å². The molecule has 2 atom stereocenters. The van der Waals surface area contributed by atoms with Gasteiger partial charge in [-0.1, -0.05) is 28.1 Å². The van der Waals surface area contributed by atoms with Gasteiger partial charge in [-0.3, -0.25) is 4.79 Å². The maximum Gasteiger partial charge on any atom is 0.307 e. The molecule has 1 aromatic rings. The fourth-order valence-corrected chi connectivity index (χ4v) is 2.72. The molecule has 1 N–H and O–H groups in total. The quantitative estimate of drug-likeness (QED) is 0.912. The average Bonchev–Trinajstić information content (AvgIpc) is 2.29. The highest BCUT2D eigenvalue weighted by Crippen LogP contribution is 2.32. The van der Waals surface area contributed by atoms with Gasteiger partial charge in [0.15, 0.2) is 0 Å². The van der Waals surface area contributed by atoms with E-state index in [0.717, 1.165) is 29.5 Å². The van der Waals surface area contributed by atoms with Crippen molar-refractivity contribution in [1.82, 2.24) is 4.90 Å². The first-order chi connectivity index (χ1) is 8.08. The highest BCUT2D eigenvalue weighted by molar-refractivity contribution is 9.10. The standard InChI is InChI=1S/C13H16BrNO2/c1-15-7-6-11(13(16)17)12(8-15)9-2-4-10(14)5-3-9/h2-5,11-12H,6-8H2,1H3,(H,16,17). The first-order valence-corrected chi connectivity index (χ1v) is 6.54. The van der Waals surface area contributed by atoms with Crippen LogP contribution in [0.15, 0.2) is 28.7 Å². The molecule has 3 nitrogen and oxygen atoms in total. The molecule has 0 spiro atoms. The maximum absolute atomic E-state index is 11.3. The molecule has 1 aromatic carbocycles. The fourth-order valence-electron chi connectivity index (χ4n) is 2.46. The molecule has 17 heavy (non-hydrogen) atoms. The maximum atomic E-state index is 11.3. The van der Waals surface area contributed by atoms with E-state index in [2.05, 4.69) is 20.8 Å². The zero-order valence-corrected chi connectivity index (χ0v) is 11.4. The van der Waals surface area contributed by atoms with Crippen molar-refractivity contribution in [3.63, 3.8) is 0 Å². The first kappa shape index (κ1) is 12.6. The minimum absolute atomic E-state index is 0.0966. The molecular formula is C13H16BrNO2. The van der Waals surface area contributed by atoms with Gasteiger partial charge in [0.25, 0.3) is 0 Å². The number of carboxylic acids is 1. The normalized spacial score (nSPS) is 25.8. The monoisotopic (exact) mass is 297 g/mol. The van der Waals surface area contributed by atoms with Crippen LogP contribution in [0, 0.1) is 5.92 Å². The highest BCUT2D eigenvalue weighted by atomic mass is 79.9. The van der Waals surface area contributed by atoms with E-state index < -0.39 is 5.97 Å². The summed E-state index contributed by atoms with van der Waals surface area (Å²) in [6.07, 6.45) is 0.729. The summed E-state index contributed by atoms with van der Waals surface area (Å²) in [5.41, 5.74) is 1.12. The van der Waals surface area contributed by atoms with Gasteiger partial charge < -0.3 is 10.0 Å². The Bertz CT molecular complexity index is 404. The van der Waals surface area contributed by atoms with E-state index in [1.807, 2.05) is 31.3 Å². The van der Waals surface area contributed by atoms with Gasteiger partial charge in [-0.15, -0.1) is 0 Å². The van der Waals surface area contributed by atoms with Crippen molar-refractivity contribution >= 4 is 21.9 Å². The number of likely N-dealkylation sites (tertiary alicyclic amines) is 1. The summed E-state index contributed by atoms with van der Waals surface area (Å²) in [5, 5.41) is 9.28. The van der Waals surface area contributed by atoms with Gasteiger partial charge in [0.1, 0.15) is 0 Å². The molecule has 4 heteroatoms. The molecule has 0 bridgehead atoms. The minimum Gasteiger partial charge on any atom is -0.481 e. The van der Waals surface area contributed by atoms with Crippen molar-refractivity contribution in [1.29, 1.82) is 0 Å². The third-order valence-corrected chi connectivity index (χ3v) is 3.96. The summed E-state index contributed by atoms with van der Waals surface area (Å²) in [4.78, 5) is 13.5. The van der Waals surface area contributed by atoms with E-state index in [0.29, 0.717) is 0 Å². The van der Waals surface area contributed by atoms with Crippen LogP contribution in [0.1, 0.15) is 17.9 Å². The Morgan fingerprint density at radius 3 is 2.65 bits per heavy atom. The zero-order valence-electron chi connectivity index (χ0n) is 9.77. The van der Waals surface area contributed by atoms with Crippen LogP contribution >= 0.6 is 15.9 Å². The number of likely N-dealkylation sites (N-methyl/N-ethyl adjacent to an activating group) is 1. The number of rotatable bonds is 2. The van der Waals surface area contributed by atoms with Crippen LogP contribution in [0.3, 0.4) is 0 Å². The van der Waals surface area contributed by atoms with Crippen molar-refractivity contribution in [2.45, 2.75) is 12.3 Å². The van der Waals surface area contributed by atoms with Crippen LogP contribution in [0.5, 0.6) is 0 Å². The van der Waals surface area contributed by atoms with E-state index in [-0.39, 0.29) is 11.8 Å². The molecule has 1 fully saturated rings. The molecule has 0 amide bonds. The second kappa shape index (κ2) is 5.19. The molecule has 2 rings (SSSR count). The SMILES string of the molecule is CN1CCC(C(=O)O)C(c2ccc(Br)cc2)C1. The topological polar surface area (TPSA) is 40.5 Å². The highest BCUT2D eigenvalue weighted by Gasteiger charge is 2.33. The van der Waals surface area contributed by atoms with Gasteiger partial charge in [0.2, 0.25) is 0 Å². The average molecular weight is 298 g/mol. The molecular weight excluding hydrogens is 282 g/mol. The van der Waals surface area contributed by atoms with Crippen LogP contribution < -0.4 is 0 Å². The van der Waals surface area contributed by atoms with Gasteiger partial charge in [-0.2, -0.15) is 0 Å². The van der Waals surface area contributed by atoms with Gasteiger partial charge >= 0.3 is 5.97 Å². The van der Waals surface area contributed by atoms with Crippen molar-refractivity contribution < 1.29 is 9.90 Å². The van der Waals surface area contributed by atoms with Gasteiger partial charge in [0, 0.05) is 16.9 Å². The van der Waals surface area contributed by atoms with Crippen LogP contribution in [-0.4, -0.2) is 36.1 Å². The number of piperidine rings is 1. The Morgan fingerprint density at radius 2 is 2.06 bits per heavy atom. The smallest absolute Gasteiger partial charge is 0.307 e. The lowest BCUT2D eigenvalue weighted by atomic mass is 9.81. The summed E-state index contributed by atoms with van der Waals surface area (Å²) in [6, 6.07) is 7.99. The first-order valence-electron chi connectivity index (χ1n) is 5.74. The fraction of sp³-hybridized carbons (Fsp3) is 0.462. The van der Waals surface area contributed by atoms with Crippen LogP contribution in [-0.2, 0) is 4.79 Å². The molecule has 1 aliphatic rings. The second-order valence-corrected chi connectivity index (χ2v) is 5.57. The number of hydrogen-bond donors (Lipinski definition) is 1. The summed E-state index contributed by atoms with van der Waals surface area (Å²) >= 11 is 3.40. The van der Waals surface area contributed by atoms with E-state index in [1.54, 1.807) is 0 Å². The van der Waals surface area contributed by atoms with Crippen molar-refractivity contribution in [2.75, 3.05) is 20.1 Å². The number of carbonyl (C=O) groups is 1. The van der Waals surface area contributed by atoms with Crippen molar-refractivity contribution in [3.8, 4) is 0 Å². The molecule has 0 radical (unpaired) electrons. The number of nitrogens with zero attached hydrogens (tertiary/aromatic N) is 1. The summed E-state index contributed by atoms with van der Waals surface area (Å²) in [7, 11) is 2.05. The third-order valence-electron chi connectivity index (χ3n) is 3.43. The van der Waals surface area contributed by atoms with Crippen LogP contribution in [0.2, 0.25) is 0 Å². The number of hydrogen-bond acceptors (Lipinski definition) is 2. The van der Waals surface area contributed by atoms with Crippen molar-refractivity contribution in [2.24, 2.45) is 5.92 Å². The van der Waals surface area contributed by atoms with E-state index in [1.165, 1.54) is 0 Å². The number of benzene rings is 1. The summed E-state index contributed by atoms with van der Waals surface area (Å²) in [6.45, 7) is 1.68. The van der Waals surface area contributed by atoms with Gasteiger partial charge in [0.05, 0.1) is 5.92 Å². The Balaban J connectivity index is 2.25. The molecule has 0 aliphatic carbocycles. The van der Waals surface area contributed by atoms with Crippen molar-refractivity contribution in [3.05, 3.63) is 34.3 Å². The molecule has 0 aromatic heterocycles. The Hall–Kier alpha value is -0.870. The predicted molar refractivity (Wildman–Crippen MR) is 70.1 cm³/mol. The lowest BCUT2D eigenvalue weighted by molar-refractivity contribution is -0.144. The summed E-state index contributed by atoms with van der Waals surface area (Å²) < 4.78 is 1.03. The third kappa shape index (κ3) is 2.87. The lowest BCUT2D eigenvalue weighted by Gasteiger charge is -2.34. The second-order valence-electron chi connectivity index (χ2n) is 4.65. The molecule has 1 aliphatic heterocycles. The number of aliphatic carboxylic acids is 1. The van der Waals surface area contributed by atoms with Gasteiger partial charge in [-0.25, -0.2) is 0 Å². The molecule has 1 saturated heterocycles. The Labute approximate surface area is 110 Å².